The lowest BCUT2D eigenvalue weighted by atomic mass is 10.1. The number of nitro benzene ring substituents is 1. The minimum absolute atomic E-state index is 0.0433. The number of ether oxygens (including phenoxy) is 1. The van der Waals surface area contributed by atoms with Gasteiger partial charge in [-0.15, -0.1) is 0 Å². The van der Waals surface area contributed by atoms with Gasteiger partial charge in [0, 0.05) is 12.3 Å². The summed E-state index contributed by atoms with van der Waals surface area (Å²) in [6.07, 6.45) is 1.44. The zero-order valence-corrected chi connectivity index (χ0v) is 17.1. The molecule has 9 nitrogen and oxygen atoms in total. The molecule has 2 aromatic heterocycles. The molecule has 0 spiro atoms. The van der Waals surface area contributed by atoms with Gasteiger partial charge in [0.1, 0.15) is 30.4 Å². The van der Waals surface area contributed by atoms with Crippen molar-refractivity contribution in [1.82, 2.24) is 19.9 Å². The Morgan fingerprint density at radius 1 is 1.35 bits per heavy atom. The molecule has 3 rings (SSSR count). The van der Waals surface area contributed by atoms with Gasteiger partial charge in [0.15, 0.2) is 6.10 Å². The molecule has 164 valence electrons. The number of benzene rings is 1. The zero-order valence-electron chi connectivity index (χ0n) is 16.3. The number of nitro groups is 1. The standard InChI is InChI=1S/C19H18ClF2N5O4/c1-11(12-5-14(20)19(23-8-12)31-13(6-21)7-22)25-17(28)9-26-10-24-15-3-2-4-16(18(15)26)27(29)30/h2-5,8,10-11,13H,6-7,9H2,1H3,(H,25,28). The number of hydrogen-bond donors (Lipinski definition) is 1. The summed E-state index contributed by atoms with van der Waals surface area (Å²) < 4.78 is 31.7. The van der Waals surface area contributed by atoms with Gasteiger partial charge in [-0.2, -0.15) is 0 Å². The molecule has 0 saturated heterocycles. The van der Waals surface area contributed by atoms with Crippen LogP contribution in [-0.4, -0.2) is 44.8 Å². The molecule has 3 aromatic rings. The number of halogens is 3. The molecule has 0 radical (unpaired) electrons. The molecule has 0 aliphatic heterocycles. The highest BCUT2D eigenvalue weighted by atomic mass is 35.5. The molecule has 0 aliphatic carbocycles. The van der Waals surface area contributed by atoms with Gasteiger partial charge >= 0.3 is 0 Å². The maximum atomic E-state index is 12.6. The van der Waals surface area contributed by atoms with E-state index in [1.54, 1.807) is 13.0 Å². The maximum Gasteiger partial charge on any atom is 0.295 e. The van der Waals surface area contributed by atoms with Gasteiger partial charge in [0.05, 0.1) is 22.8 Å². The molecule has 2 heterocycles. The Bertz CT molecular complexity index is 1110. The van der Waals surface area contributed by atoms with Crippen LogP contribution >= 0.6 is 11.6 Å². The number of hydrogen-bond acceptors (Lipinski definition) is 6. The number of aromatic nitrogens is 3. The van der Waals surface area contributed by atoms with E-state index in [-0.39, 0.29) is 28.7 Å². The van der Waals surface area contributed by atoms with E-state index in [0.29, 0.717) is 11.1 Å². The van der Waals surface area contributed by atoms with Crippen molar-refractivity contribution in [3.05, 3.63) is 57.5 Å². The van der Waals surface area contributed by atoms with Crippen molar-refractivity contribution in [2.75, 3.05) is 13.3 Å². The van der Waals surface area contributed by atoms with Crippen molar-refractivity contribution in [3.63, 3.8) is 0 Å². The number of fused-ring (bicyclic) bond motifs is 1. The van der Waals surface area contributed by atoms with Crippen LogP contribution < -0.4 is 10.1 Å². The Labute approximate surface area is 180 Å². The highest BCUT2D eigenvalue weighted by Gasteiger charge is 2.20. The average molecular weight is 454 g/mol. The summed E-state index contributed by atoms with van der Waals surface area (Å²) in [5.74, 6) is -0.530. The minimum atomic E-state index is -1.29. The van der Waals surface area contributed by atoms with E-state index in [9.17, 15) is 23.7 Å². The van der Waals surface area contributed by atoms with Crippen LogP contribution in [0.4, 0.5) is 14.5 Å². The first-order chi connectivity index (χ1) is 14.8. The molecular formula is C19H18ClF2N5O4. The summed E-state index contributed by atoms with van der Waals surface area (Å²) in [5, 5.41) is 14.1. The summed E-state index contributed by atoms with van der Waals surface area (Å²) in [5.41, 5.74) is 1.03. The predicted octanol–water partition coefficient (Wildman–Crippen LogP) is 3.56. The number of nitrogens with one attached hydrogen (secondary N) is 1. The first kappa shape index (κ1) is 22.3. The van der Waals surface area contributed by atoms with Crippen LogP contribution in [-0.2, 0) is 11.3 Å². The summed E-state index contributed by atoms with van der Waals surface area (Å²) >= 11 is 6.07. The van der Waals surface area contributed by atoms with Crippen molar-refractivity contribution in [3.8, 4) is 5.88 Å². The van der Waals surface area contributed by atoms with Crippen LogP contribution in [0.3, 0.4) is 0 Å². The first-order valence-electron chi connectivity index (χ1n) is 9.15. The van der Waals surface area contributed by atoms with Gasteiger partial charge in [-0.05, 0) is 24.6 Å². The Balaban J connectivity index is 1.71. The van der Waals surface area contributed by atoms with E-state index in [0.717, 1.165) is 0 Å². The molecule has 1 atom stereocenters. The third-order valence-corrected chi connectivity index (χ3v) is 4.73. The number of alkyl halides is 2. The Morgan fingerprint density at radius 2 is 2.10 bits per heavy atom. The highest BCUT2D eigenvalue weighted by Crippen LogP contribution is 2.27. The summed E-state index contributed by atoms with van der Waals surface area (Å²) in [6, 6.07) is 5.43. The molecule has 1 N–H and O–H groups in total. The normalized spacial score (nSPS) is 12.2. The number of non-ortho nitro benzene ring substituents is 1. The second-order valence-corrected chi connectivity index (χ2v) is 7.07. The van der Waals surface area contributed by atoms with Gasteiger partial charge in [-0.25, -0.2) is 18.7 Å². The fourth-order valence-electron chi connectivity index (χ4n) is 2.93. The number of carbonyl (C=O) groups excluding carboxylic acids is 1. The monoisotopic (exact) mass is 453 g/mol. The molecule has 1 amide bonds. The lowest BCUT2D eigenvalue weighted by Crippen LogP contribution is -2.30. The van der Waals surface area contributed by atoms with Gasteiger partial charge in [-0.3, -0.25) is 14.9 Å². The van der Waals surface area contributed by atoms with Crippen molar-refractivity contribution >= 4 is 34.2 Å². The van der Waals surface area contributed by atoms with Crippen LogP contribution in [0.25, 0.3) is 11.0 Å². The van der Waals surface area contributed by atoms with E-state index < -0.39 is 36.3 Å². The quantitative estimate of drug-likeness (QED) is 0.391. The molecule has 31 heavy (non-hydrogen) atoms. The molecule has 0 fully saturated rings. The van der Waals surface area contributed by atoms with E-state index in [2.05, 4.69) is 15.3 Å². The number of nitrogens with zero attached hydrogens (tertiary/aromatic N) is 4. The van der Waals surface area contributed by atoms with Crippen LogP contribution in [0.2, 0.25) is 5.02 Å². The third-order valence-electron chi connectivity index (χ3n) is 4.46. The second kappa shape index (κ2) is 9.65. The number of para-hydroxylation sites is 1. The Morgan fingerprint density at radius 3 is 2.74 bits per heavy atom. The van der Waals surface area contributed by atoms with Gasteiger partial charge in [-0.1, -0.05) is 17.7 Å². The molecule has 12 heteroatoms. The topological polar surface area (TPSA) is 112 Å². The first-order valence-corrected chi connectivity index (χ1v) is 9.53. The van der Waals surface area contributed by atoms with Crippen molar-refractivity contribution in [2.24, 2.45) is 0 Å². The number of carbonyl (C=O) groups is 1. The number of amides is 1. The molecule has 0 aliphatic rings. The van der Waals surface area contributed by atoms with Gasteiger partial charge in [0.25, 0.3) is 5.69 Å². The largest absolute Gasteiger partial charge is 0.468 e. The van der Waals surface area contributed by atoms with E-state index in [4.69, 9.17) is 16.3 Å². The minimum Gasteiger partial charge on any atom is -0.468 e. The van der Waals surface area contributed by atoms with E-state index in [1.165, 1.54) is 35.3 Å². The fraction of sp³-hybridized carbons (Fsp3) is 0.316. The van der Waals surface area contributed by atoms with Crippen LogP contribution in [0.5, 0.6) is 5.88 Å². The molecule has 0 saturated carbocycles. The molecule has 0 bridgehead atoms. The Kier molecular flexibility index (Phi) is 6.95. The fourth-order valence-corrected chi connectivity index (χ4v) is 3.15. The number of pyridine rings is 1. The van der Waals surface area contributed by atoms with Gasteiger partial charge in [0.2, 0.25) is 11.8 Å². The van der Waals surface area contributed by atoms with E-state index in [1.807, 2.05) is 0 Å². The zero-order chi connectivity index (χ0) is 22.5. The van der Waals surface area contributed by atoms with Crippen LogP contribution in [0.15, 0.2) is 36.8 Å². The van der Waals surface area contributed by atoms with Gasteiger partial charge < -0.3 is 14.6 Å². The lowest BCUT2D eigenvalue weighted by molar-refractivity contribution is -0.383. The third kappa shape index (κ3) is 5.05. The van der Waals surface area contributed by atoms with Crippen molar-refractivity contribution < 1.29 is 23.2 Å². The van der Waals surface area contributed by atoms with Crippen LogP contribution in [0, 0.1) is 10.1 Å². The summed E-state index contributed by atoms with van der Waals surface area (Å²) in [6.45, 7) is -0.553. The van der Waals surface area contributed by atoms with Crippen molar-refractivity contribution in [2.45, 2.75) is 25.6 Å². The van der Waals surface area contributed by atoms with Crippen LogP contribution in [0.1, 0.15) is 18.5 Å². The SMILES string of the molecule is CC(NC(=O)Cn1cnc2cccc([N+](=O)[O-])c21)c1cnc(OC(CF)CF)c(Cl)c1. The van der Waals surface area contributed by atoms with Crippen molar-refractivity contribution in [1.29, 1.82) is 0 Å². The molecule has 1 aromatic carbocycles. The maximum absolute atomic E-state index is 12.6. The molecular weight excluding hydrogens is 436 g/mol. The Hall–Kier alpha value is -3.34. The smallest absolute Gasteiger partial charge is 0.295 e. The second-order valence-electron chi connectivity index (χ2n) is 6.67. The summed E-state index contributed by atoms with van der Waals surface area (Å²) in [4.78, 5) is 31.3. The number of rotatable bonds is 9. The number of imidazole rings is 1. The molecule has 1 unspecified atom stereocenters. The summed E-state index contributed by atoms with van der Waals surface area (Å²) in [7, 11) is 0. The lowest BCUT2D eigenvalue weighted by Gasteiger charge is -2.17. The van der Waals surface area contributed by atoms with E-state index >= 15 is 0 Å². The predicted molar refractivity (Wildman–Crippen MR) is 109 cm³/mol. The average Bonchev–Trinajstić information content (AvgIpc) is 3.15. The highest BCUT2D eigenvalue weighted by molar-refractivity contribution is 6.31.